The molecule has 2 N–H and O–H groups in total. The fourth-order valence-electron chi connectivity index (χ4n) is 4.76. The van der Waals surface area contributed by atoms with Crippen molar-refractivity contribution >= 4 is 15.8 Å². The number of benzene rings is 1. The number of carbonyl (C=O) groups is 1. The van der Waals surface area contributed by atoms with Crippen molar-refractivity contribution in [3.63, 3.8) is 0 Å². The second-order valence-corrected chi connectivity index (χ2v) is 9.94. The van der Waals surface area contributed by atoms with E-state index in [1.54, 1.807) is 31.2 Å². The Labute approximate surface area is 149 Å². The minimum atomic E-state index is -3.70. The van der Waals surface area contributed by atoms with E-state index in [9.17, 15) is 18.3 Å². The molecule has 0 heterocycles. The summed E-state index contributed by atoms with van der Waals surface area (Å²) in [5.41, 5.74) is -0.421. The van der Waals surface area contributed by atoms with Crippen LogP contribution in [0, 0.1) is 16.7 Å². The van der Waals surface area contributed by atoms with Gasteiger partial charge in [-0.05, 0) is 36.7 Å². The van der Waals surface area contributed by atoms with Crippen LogP contribution in [-0.4, -0.2) is 31.1 Å². The molecule has 4 unspecified atom stereocenters. The summed E-state index contributed by atoms with van der Waals surface area (Å²) in [6.07, 6.45) is 1.11. The monoisotopic (exact) mass is 365 g/mol. The Kier molecular flexibility index (Phi) is 4.58. The van der Waals surface area contributed by atoms with Gasteiger partial charge in [-0.1, -0.05) is 44.2 Å². The number of aliphatic hydroxyl groups is 1. The van der Waals surface area contributed by atoms with E-state index in [1.807, 2.05) is 19.9 Å². The molecule has 0 spiro atoms. The first-order valence-electron chi connectivity index (χ1n) is 8.85. The first-order chi connectivity index (χ1) is 11.6. The number of rotatable bonds is 6. The maximum absolute atomic E-state index is 12.8. The summed E-state index contributed by atoms with van der Waals surface area (Å²) in [5, 5.41) is 10.4. The average molecular weight is 365 g/mol. The van der Waals surface area contributed by atoms with Gasteiger partial charge in [0.05, 0.1) is 11.9 Å². The summed E-state index contributed by atoms with van der Waals surface area (Å²) >= 11 is 0. The standard InChI is InChI=1S/C19H27NO4S/c1-13(17(22)14-7-5-4-6-8-14)20-25(23,24)12-19-10-9-15(11-16(19)21)18(19,2)3/h4-8,13,15,17,20,22H,9-12H2,1-3H3. The van der Waals surface area contributed by atoms with Crippen LogP contribution in [0.1, 0.15) is 51.7 Å². The molecule has 0 saturated heterocycles. The summed E-state index contributed by atoms with van der Waals surface area (Å²) in [6, 6.07) is 8.31. The quantitative estimate of drug-likeness (QED) is 0.811. The van der Waals surface area contributed by atoms with Crippen molar-refractivity contribution in [3.8, 4) is 0 Å². The highest BCUT2D eigenvalue weighted by atomic mass is 32.2. The Bertz CT molecular complexity index is 759. The summed E-state index contributed by atoms with van der Waals surface area (Å²) in [4.78, 5) is 12.6. The first kappa shape index (κ1) is 18.5. The van der Waals surface area contributed by atoms with Crippen LogP contribution in [0.2, 0.25) is 0 Å². The van der Waals surface area contributed by atoms with E-state index >= 15 is 0 Å². The zero-order chi connectivity index (χ0) is 18.5. The number of hydrogen-bond acceptors (Lipinski definition) is 4. The molecule has 2 bridgehead atoms. The van der Waals surface area contributed by atoms with E-state index in [1.165, 1.54) is 0 Å². The molecule has 0 aliphatic heterocycles. The highest BCUT2D eigenvalue weighted by Gasteiger charge is 2.65. The fourth-order valence-corrected chi connectivity index (χ4v) is 6.87. The van der Waals surface area contributed by atoms with E-state index in [2.05, 4.69) is 4.72 Å². The number of carbonyl (C=O) groups excluding carboxylic acids is 1. The lowest BCUT2D eigenvalue weighted by molar-refractivity contribution is -0.128. The highest BCUT2D eigenvalue weighted by molar-refractivity contribution is 7.89. The van der Waals surface area contributed by atoms with Gasteiger partial charge in [0, 0.05) is 17.9 Å². The zero-order valence-electron chi connectivity index (χ0n) is 15.0. The number of hydrogen-bond donors (Lipinski definition) is 2. The second-order valence-electron chi connectivity index (χ2n) is 8.19. The smallest absolute Gasteiger partial charge is 0.212 e. The number of ketones is 1. The molecule has 4 atom stereocenters. The van der Waals surface area contributed by atoms with E-state index in [0.29, 0.717) is 18.4 Å². The molecule has 3 rings (SSSR count). The average Bonchev–Trinajstić information content (AvgIpc) is 2.88. The topological polar surface area (TPSA) is 83.5 Å². The van der Waals surface area contributed by atoms with Gasteiger partial charge in [0.15, 0.2) is 0 Å². The maximum Gasteiger partial charge on any atom is 0.212 e. The van der Waals surface area contributed by atoms with Gasteiger partial charge in [0.25, 0.3) is 0 Å². The molecule has 2 fully saturated rings. The first-order valence-corrected chi connectivity index (χ1v) is 10.5. The van der Waals surface area contributed by atoms with Gasteiger partial charge < -0.3 is 5.11 Å². The van der Waals surface area contributed by atoms with Gasteiger partial charge >= 0.3 is 0 Å². The van der Waals surface area contributed by atoms with Crippen LogP contribution in [0.3, 0.4) is 0 Å². The number of aliphatic hydroxyl groups excluding tert-OH is 1. The number of fused-ring (bicyclic) bond motifs is 2. The summed E-state index contributed by atoms with van der Waals surface area (Å²) in [6.45, 7) is 5.69. The van der Waals surface area contributed by atoms with Crippen LogP contribution < -0.4 is 4.72 Å². The van der Waals surface area contributed by atoms with E-state index in [0.717, 1.165) is 6.42 Å². The molecule has 2 saturated carbocycles. The van der Waals surface area contributed by atoms with Crippen molar-refractivity contribution in [1.29, 1.82) is 0 Å². The van der Waals surface area contributed by atoms with Crippen molar-refractivity contribution in [2.24, 2.45) is 16.7 Å². The number of Topliss-reactive ketones (excluding diaryl/α,β-unsaturated/α-hetero) is 1. The third-order valence-corrected chi connectivity index (χ3v) is 8.16. The predicted octanol–water partition coefficient (Wildman–Crippen LogP) is 2.42. The fraction of sp³-hybridized carbons (Fsp3) is 0.632. The molecule has 2 aliphatic rings. The SMILES string of the molecule is CC(NS(=O)(=O)CC12CCC(CC1=O)C2(C)C)C(O)c1ccccc1. The molecule has 138 valence electrons. The molecular formula is C19H27NO4S. The minimum Gasteiger partial charge on any atom is -0.387 e. The van der Waals surface area contributed by atoms with Crippen LogP contribution in [0.5, 0.6) is 0 Å². The maximum atomic E-state index is 12.8. The van der Waals surface area contributed by atoms with E-state index in [4.69, 9.17) is 0 Å². The van der Waals surface area contributed by atoms with Gasteiger partial charge in [0.1, 0.15) is 5.78 Å². The minimum absolute atomic E-state index is 0.0791. The van der Waals surface area contributed by atoms with Crippen LogP contribution >= 0.6 is 0 Å². The molecule has 0 amide bonds. The molecule has 6 heteroatoms. The summed E-state index contributed by atoms with van der Waals surface area (Å²) < 4.78 is 28.1. The van der Waals surface area contributed by atoms with Gasteiger partial charge in [0.2, 0.25) is 10.0 Å². The highest BCUT2D eigenvalue weighted by Crippen LogP contribution is 2.64. The molecule has 2 aliphatic carbocycles. The van der Waals surface area contributed by atoms with Gasteiger partial charge in [-0.2, -0.15) is 0 Å². The van der Waals surface area contributed by atoms with Gasteiger partial charge in [-0.25, -0.2) is 13.1 Å². The molecule has 1 aromatic rings. The Morgan fingerprint density at radius 1 is 1.28 bits per heavy atom. The van der Waals surface area contributed by atoms with Crippen molar-refractivity contribution < 1.29 is 18.3 Å². The lowest BCUT2D eigenvalue weighted by atomic mass is 9.70. The normalized spacial score (nSPS) is 30.4. The number of sulfonamides is 1. The van der Waals surface area contributed by atoms with Crippen molar-refractivity contribution in [3.05, 3.63) is 35.9 Å². The lowest BCUT2D eigenvalue weighted by Gasteiger charge is -2.36. The van der Waals surface area contributed by atoms with Crippen molar-refractivity contribution in [1.82, 2.24) is 4.72 Å². The van der Waals surface area contributed by atoms with Crippen LogP contribution in [0.15, 0.2) is 30.3 Å². The molecular weight excluding hydrogens is 338 g/mol. The second kappa shape index (κ2) is 6.18. The molecule has 0 aromatic heterocycles. The Balaban J connectivity index is 1.75. The van der Waals surface area contributed by atoms with E-state index < -0.39 is 27.6 Å². The van der Waals surface area contributed by atoms with Gasteiger partial charge in [-0.15, -0.1) is 0 Å². The summed E-state index contributed by atoms with van der Waals surface area (Å²) in [5.74, 6) is 0.173. The Morgan fingerprint density at radius 3 is 2.44 bits per heavy atom. The van der Waals surface area contributed by atoms with Crippen LogP contribution in [0.25, 0.3) is 0 Å². The zero-order valence-corrected chi connectivity index (χ0v) is 15.8. The van der Waals surface area contributed by atoms with Crippen LogP contribution in [0.4, 0.5) is 0 Å². The molecule has 5 nitrogen and oxygen atoms in total. The van der Waals surface area contributed by atoms with E-state index in [-0.39, 0.29) is 22.9 Å². The van der Waals surface area contributed by atoms with Crippen molar-refractivity contribution in [2.75, 3.05) is 5.75 Å². The Hall–Kier alpha value is -1.24. The third-order valence-electron chi connectivity index (χ3n) is 6.56. The Morgan fingerprint density at radius 2 is 1.92 bits per heavy atom. The lowest BCUT2D eigenvalue weighted by Crippen LogP contribution is -2.47. The predicted molar refractivity (Wildman–Crippen MR) is 96.3 cm³/mol. The summed E-state index contributed by atoms with van der Waals surface area (Å²) in [7, 11) is -3.70. The largest absolute Gasteiger partial charge is 0.387 e. The molecule has 25 heavy (non-hydrogen) atoms. The van der Waals surface area contributed by atoms with Gasteiger partial charge in [-0.3, -0.25) is 4.79 Å². The van der Waals surface area contributed by atoms with Crippen molar-refractivity contribution in [2.45, 2.75) is 52.2 Å². The molecule has 1 aromatic carbocycles. The number of nitrogens with one attached hydrogen (secondary N) is 1. The van der Waals surface area contributed by atoms with Crippen LogP contribution in [-0.2, 0) is 14.8 Å². The molecule has 0 radical (unpaired) electrons. The third kappa shape index (κ3) is 3.04.